The Kier molecular flexibility index (Phi) is 8.75. The van der Waals surface area contributed by atoms with Gasteiger partial charge in [-0.2, -0.15) is 0 Å². The summed E-state index contributed by atoms with van der Waals surface area (Å²) in [6, 6.07) is 8.54. The molecule has 33 heavy (non-hydrogen) atoms. The first-order valence-electron chi connectivity index (χ1n) is 10.1. The number of hydrogen-bond acceptors (Lipinski definition) is 5. The molecule has 0 heterocycles. The number of anilines is 1. The Labute approximate surface area is 192 Å². The zero-order valence-corrected chi connectivity index (χ0v) is 19.7. The van der Waals surface area contributed by atoms with Crippen LogP contribution in [0.4, 0.5) is 14.5 Å². The lowest BCUT2D eigenvalue weighted by molar-refractivity contribution is -0.140. The van der Waals surface area contributed by atoms with Crippen molar-refractivity contribution in [1.29, 1.82) is 0 Å². The number of carbonyl (C=O) groups excluding carboxylic acids is 2. The number of carbonyl (C=O) groups is 2. The third-order valence-corrected chi connectivity index (χ3v) is 6.13. The molecule has 1 atom stereocenters. The van der Waals surface area contributed by atoms with Crippen molar-refractivity contribution in [1.82, 2.24) is 10.2 Å². The standard InChI is InChI=1S/C22H27F2N3O5S/c1-5-20(22(29)25-2)26(13-15-7-6-8-17(11-15)32-3)21(28)14-27(33(4,30)31)16-9-10-18(23)19(24)12-16/h6-12,20H,5,13-14H2,1-4H3,(H,25,29). The Morgan fingerprint density at radius 3 is 2.36 bits per heavy atom. The van der Waals surface area contributed by atoms with Crippen LogP contribution in [0, 0.1) is 11.6 Å². The zero-order chi connectivity index (χ0) is 24.8. The van der Waals surface area contributed by atoms with Crippen LogP contribution in [0.25, 0.3) is 0 Å². The van der Waals surface area contributed by atoms with Crippen molar-refractivity contribution in [3.63, 3.8) is 0 Å². The summed E-state index contributed by atoms with van der Waals surface area (Å²) in [6.07, 6.45) is 1.11. The number of likely N-dealkylation sites (N-methyl/N-ethyl adjacent to an activating group) is 1. The van der Waals surface area contributed by atoms with Gasteiger partial charge in [0.25, 0.3) is 0 Å². The Bertz CT molecular complexity index is 1110. The Balaban J connectivity index is 2.45. The van der Waals surface area contributed by atoms with Crippen LogP contribution < -0.4 is 14.4 Å². The molecule has 0 aliphatic carbocycles. The van der Waals surface area contributed by atoms with E-state index in [0.717, 1.165) is 18.4 Å². The lowest BCUT2D eigenvalue weighted by atomic mass is 10.1. The molecule has 0 saturated heterocycles. The SMILES string of the molecule is CCC(C(=O)NC)N(Cc1cccc(OC)c1)C(=O)CN(c1ccc(F)c(F)c1)S(C)(=O)=O. The smallest absolute Gasteiger partial charge is 0.244 e. The average Bonchev–Trinajstić information content (AvgIpc) is 2.78. The van der Waals surface area contributed by atoms with Gasteiger partial charge in [0.2, 0.25) is 21.8 Å². The van der Waals surface area contributed by atoms with Crippen LogP contribution in [-0.2, 0) is 26.2 Å². The second-order valence-electron chi connectivity index (χ2n) is 7.28. The molecular formula is C22H27F2N3O5S. The molecule has 2 aromatic rings. The second kappa shape index (κ2) is 11.1. The van der Waals surface area contributed by atoms with Crippen molar-refractivity contribution in [2.75, 3.05) is 31.3 Å². The largest absolute Gasteiger partial charge is 0.497 e. The quantitative estimate of drug-likeness (QED) is 0.560. The lowest BCUT2D eigenvalue weighted by Crippen LogP contribution is -2.51. The monoisotopic (exact) mass is 483 g/mol. The number of halogens is 2. The van der Waals surface area contributed by atoms with Gasteiger partial charge in [-0.25, -0.2) is 17.2 Å². The maximum absolute atomic E-state index is 13.8. The second-order valence-corrected chi connectivity index (χ2v) is 9.19. The molecule has 2 aromatic carbocycles. The van der Waals surface area contributed by atoms with Crippen LogP contribution in [-0.4, -0.2) is 58.1 Å². The molecular weight excluding hydrogens is 456 g/mol. The first-order chi connectivity index (χ1) is 15.5. The number of ether oxygens (including phenoxy) is 1. The van der Waals surface area contributed by atoms with Gasteiger partial charge in [0.05, 0.1) is 19.1 Å². The van der Waals surface area contributed by atoms with Gasteiger partial charge < -0.3 is 15.0 Å². The molecule has 1 unspecified atom stereocenters. The molecule has 0 aliphatic heterocycles. The van der Waals surface area contributed by atoms with E-state index in [-0.39, 0.29) is 18.7 Å². The Morgan fingerprint density at radius 1 is 1.12 bits per heavy atom. The summed E-state index contributed by atoms with van der Waals surface area (Å²) in [5, 5.41) is 2.51. The Morgan fingerprint density at radius 2 is 1.82 bits per heavy atom. The third-order valence-electron chi connectivity index (χ3n) is 4.99. The van der Waals surface area contributed by atoms with E-state index >= 15 is 0 Å². The van der Waals surface area contributed by atoms with Crippen molar-refractivity contribution in [3.05, 3.63) is 59.7 Å². The number of benzene rings is 2. The first kappa shape index (κ1) is 26.0. The van der Waals surface area contributed by atoms with Crippen LogP contribution in [0.1, 0.15) is 18.9 Å². The van der Waals surface area contributed by atoms with Crippen LogP contribution in [0.5, 0.6) is 5.75 Å². The predicted molar refractivity (Wildman–Crippen MR) is 120 cm³/mol. The first-order valence-corrected chi connectivity index (χ1v) is 11.9. The van der Waals surface area contributed by atoms with Crippen molar-refractivity contribution in [2.45, 2.75) is 25.9 Å². The van der Waals surface area contributed by atoms with Gasteiger partial charge >= 0.3 is 0 Å². The van der Waals surface area contributed by atoms with Gasteiger partial charge in [0.1, 0.15) is 18.3 Å². The molecule has 2 rings (SSSR count). The Hall–Kier alpha value is -3.21. The molecule has 180 valence electrons. The van der Waals surface area contributed by atoms with E-state index in [0.29, 0.717) is 21.7 Å². The molecule has 11 heteroatoms. The van der Waals surface area contributed by atoms with Crippen LogP contribution in [0.2, 0.25) is 0 Å². The van der Waals surface area contributed by atoms with E-state index in [1.807, 2.05) is 0 Å². The summed E-state index contributed by atoms with van der Waals surface area (Å²) in [5.41, 5.74) is 0.447. The minimum absolute atomic E-state index is 0.00264. The van der Waals surface area contributed by atoms with Gasteiger partial charge in [-0.1, -0.05) is 19.1 Å². The van der Waals surface area contributed by atoms with E-state index in [2.05, 4.69) is 5.32 Å². The summed E-state index contributed by atoms with van der Waals surface area (Å²) in [4.78, 5) is 27.1. The normalized spacial score (nSPS) is 12.1. The van der Waals surface area contributed by atoms with E-state index < -0.39 is 46.1 Å². The minimum atomic E-state index is -4.04. The fourth-order valence-electron chi connectivity index (χ4n) is 3.31. The minimum Gasteiger partial charge on any atom is -0.497 e. The zero-order valence-electron chi connectivity index (χ0n) is 18.8. The van der Waals surface area contributed by atoms with Gasteiger partial charge in [-0.05, 0) is 36.2 Å². The third kappa shape index (κ3) is 6.64. The van der Waals surface area contributed by atoms with Gasteiger partial charge in [-0.15, -0.1) is 0 Å². The predicted octanol–water partition coefficient (Wildman–Crippen LogP) is 2.29. The lowest BCUT2D eigenvalue weighted by Gasteiger charge is -2.32. The molecule has 8 nitrogen and oxygen atoms in total. The van der Waals surface area contributed by atoms with Gasteiger partial charge in [0.15, 0.2) is 11.6 Å². The van der Waals surface area contributed by atoms with E-state index in [4.69, 9.17) is 4.74 Å². The molecule has 2 amide bonds. The van der Waals surface area contributed by atoms with Crippen LogP contribution in [0.3, 0.4) is 0 Å². The molecule has 0 radical (unpaired) electrons. The summed E-state index contributed by atoms with van der Waals surface area (Å²) < 4.78 is 57.8. The highest BCUT2D eigenvalue weighted by Crippen LogP contribution is 2.22. The molecule has 0 aliphatic rings. The van der Waals surface area contributed by atoms with Crippen molar-refractivity contribution >= 4 is 27.5 Å². The van der Waals surface area contributed by atoms with E-state index in [1.165, 1.54) is 19.1 Å². The highest BCUT2D eigenvalue weighted by atomic mass is 32.2. The van der Waals surface area contributed by atoms with E-state index in [9.17, 15) is 26.8 Å². The maximum Gasteiger partial charge on any atom is 0.244 e. The molecule has 0 aromatic heterocycles. The van der Waals surface area contributed by atoms with Gasteiger partial charge in [-0.3, -0.25) is 13.9 Å². The molecule has 0 bridgehead atoms. The summed E-state index contributed by atoms with van der Waals surface area (Å²) in [7, 11) is -1.11. The summed E-state index contributed by atoms with van der Waals surface area (Å²) >= 11 is 0. The van der Waals surface area contributed by atoms with E-state index in [1.54, 1.807) is 31.2 Å². The number of nitrogens with one attached hydrogen (secondary N) is 1. The molecule has 0 fully saturated rings. The average molecular weight is 484 g/mol. The number of amides is 2. The van der Waals surface area contributed by atoms with Crippen molar-refractivity contribution in [2.24, 2.45) is 0 Å². The fraction of sp³-hybridized carbons (Fsp3) is 0.364. The highest BCUT2D eigenvalue weighted by molar-refractivity contribution is 7.92. The maximum atomic E-state index is 13.8. The molecule has 1 N–H and O–H groups in total. The number of sulfonamides is 1. The fourth-order valence-corrected chi connectivity index (χ4v) is 4.15. The molecule has 0 saturated carbocycles. The summed E-state index contributed by atoms with van der Waals surface area (Å²) in [6.45, 7) is 1.01. The summed E-state index contributed by atoms with van der Waals surface area (Å²) in [5.74, 6) is -2.97. The van der Waals surface area contributed by atoms with Crippen molar-refractivity contribution < 1.29 is 31.5 Å². The van der Waals surface area contributed by atoms with Crippen molar-refractivity contribution in [3.8, 4) is 5.75 Å². The number of rotatable bonds is 10. The van der Waals surface area contributed by atoms with Crippen LogP contribution in [0.15, 0.2) is 42.5 Å². The van der Waals surface area contributed by atoms with Crippen LogP contribution >= 0.6 is 0 Å². The number of nitrogens with zero attached hydrogens (tertiary/aromatic N) is 2. The number of hydrogen-bond donors (Lipinski definition) is 1. The number of methoxy groups -OCH3 is 1. The molecule has 0 spiro atoms. The topological polar surface area (TPSA) is 96.0 Å². The highest BCUT2D eigenvalue weighted by Gasteiger charge is 2.31. The van der Waals surface area contributed by atoms with Gasteiger partial charge in [0, 0.05) is 19.7 Å².